The van der Waals surface area contributed by atoms with Crippen LogP contribution in [0, 0.1) is 0 Å². The summed E-state index contributed by atoms with van der Waals surface area (Å²) < 4.78 is 16.8. The van der Waals surface area contributed by atoms with Crippen molar-refractivity contribution >= 4 is 17.9 Å². The minimum absolute atomic E-state index is 0.0791. The summed E-state index contributed by atoms with van der Waals surface area (Å²) in [6.45, 7) is 6.50. The molecule has 1 atom stereocenters. The molecule has 1 unspecified atom stereocenters. The van der Waals surface area contributed by atoms with Crippen molar-refractivity contribution in [2.45, 2.75) is 277 Å². The predicted octanol–water partition coefficient (Wildman–Crippen LogP) is 17.5. The minimum atomic E-state index is -0.781. The Kier molecular flexibility index (Phi) is 48.8. The zero-order chi connectivity index (χ0) is 45.1. The van der Waals surface area contributed by atoms with Crippen molar-refractivity contribution in [3.05, 3.63) is 48.6 Å². The molecule has 0 aromatic carbocycles. The fourth-order valence-electron chi connectivity index (χ4n) is 7.69. The second-order valence-electron chi connectivity index (χ2n) is 17.9. The molecule has 0 radical (unpaired) electrons. The number of unbranched alkanes of at least 4 members (excludes halogenated alkanes) is 32. The van der Waals surface area contributed by atoms with Gasteiger partial charge in [-0.3, -0.25) is 14.4 Å². The number of carbonyl (C=O) groups is 3. The summed E-state index contributed by atoms with van der Waals surface area (Å²) >= 11 is 0. The smallest absolute Gasteiger partial charge is 0.306 e. The highest BCUT2D eigenvalue weighted by molar-refractivity contribution is 5.71. The Morgan fingerprint density at radius 1 is 0.339 bits per heavy atom. The van der Waals surface area contributed by atoms with Gasteiger partial charge in [0.05, 0.1) is 0 Å². The monoisotopic (exact) mass is 869 g/mol. The molecule has 0 bridgehead atoms. The highest BCUT2D eigenvalue weighted by Crippen LogP contribution is 2.16. The van der Waals surface area contributed by atoms with E-state index in [4.69, 9.17) is 14.2 Å². The molecule has 0 spiro atoms. The molecule has 0 aromatic rings. The summed E-state index contributed by atoms with van der Waals surface area (Å²) in [5.41, 5.74) is 0. The fraction of sp³-hybridized carbons (Fsp3) is 0.804. The van der Waals surface area contributed by atoms with Crippen LogP contribution in [0.25, 0.3) is 0 Å². The summed E-state index contributed by atoms with van der Waals surface area (Å²) in [5, 5.41) is 0. The number of hydrogen-bond acceptors (Lipinski definition) is 6. The van der Waals surface area contributed by atoms with Crippen LogP contribution in [-0.2, 0) is 28.6 Å². The Morgan fingerprint density at radius 3 is 0.984 bits per heavy atom. The van der Waals surface area contributed by atoms with Gasteiger partial charge in [0.2, 0.25) is 0 Å². The van der Waals surface area contributed by atoms with Gasteiger partial charge in [0.1, 0.15) is 13.2 Å². The van der Waals surface area contributed by atoms with Crippen molar-refractivity contribution in [1.29, 1.82) is 0 Å². The highest BCUT2D eigenvalue weighted by Gasteiger charge is 2.19. The van der Waals surface area contributed by atoms with Crippen molar-refractivity contribution in [1.82, 2.24) is 0 Å². The van der Waals surface area contributed by atoms with Gasteiger partial charge in [-0.15, -0.1) is 0 Å². The van der Waals surface area contributed by atoms with E-state index in [9.17, 15) is 14.4 Å². The van der Waals surface area contributed by atoms with Crippen LogP contribution in [0.5, 0.6) is 0 Å². The minimum Gasteiger partial charge on any atom is -0.462 e. The van der Waals surface area contributed by atoms with Crippen molar-refractivity contribution < 1.29 is 28.6 Å². The average Bonchev–Trinajstić information content (AvgIpc) is 3.27. The zero-order valence-corrected chi connectivity index (χ0v) is 41.1. The summed E-state index contributed by atoms with van der Waals surface area (Å²) in [6.07, 6.45) is 60.9. The van der Waals surface area contributed by atoms with Gasteiger partial charge in [-0.25, -0.2) is 0 Å². The standard InChI is InChI=1S/C56H100O6/c1-4-7-10-13-16-19-22-25-27-28-30-31-34-37-40-43-46-49-55(58)61-52-53(51-60-54(57)48-45-42-39-36-33-24-21-18-15-12-9-6-3)62-56(59)50-47-44-41-38-35-32-29-26-23-20-17-14-11-8-5-2/h8,11,14,17,20,23,26,29,53H,4-7,9-10,12-13,15-16,18-19,21-22,24-25,27-28,30-52H2,1-3H3/b11-8-,17-14-,23-20-,29-26-. The molecule has 0 fully saturated rings. The van der Waals surface area contributed by atoms with E-state index < -0.39 is 6.10 Å². The van der Waals surface area contributed by atoms with Gasteiger partial charge in [0.15, 0.2) is 6.10 Å². The number of allylic oxidation sites excluding steroid dienone is 8. The van der Waals surface area contributed by atoms with E-state index >= 15 is 0 Å². The maximum atomic E-state index is 12.8. The first-order valence-corrected chi connectivity index (χ1v) is 26.7. The van der Waals surface area contributed by atoms with Gasteiger partial charge in [-0.1, -0.05) is 262 Å². The van der Waals surface area contributed by atoms with Gasteiger partial charge < -0.3 is 14.2 Å². The Hall–Kier alpha value is -2.63. The Labute approximate surface area is 384 Å². The molecule has 62 heavy (non-hydrogen) atoms. The van der Waals surface area contributed by atoms with E-state index in [1.807, 2.05) is 18.2 Å². The van der Waals surface area contributed by atoms with Gasteiger partial charge in [-0.2, -0.15) is 0 Å². The average molecular weight is 869 g/mol. The number of rotatable bonds is 48. The molecule has 6 heteroatoms. The Morgan fingerprint density at radius 2 is 0.629 bits per heavy atom. The number of carbonyl (C=O) groups excluding carboxylic acids is 3. The molecule has 0 N–H and O–H groups in total. The van der Waals surface area contributed by atoms with Gasteiger partial charge >= 0.3 is 17.9 Å². The molecule has 0 aliphatic rings. The molecule has 0 saturated heterocycles. The van der Waals surface area contributed by atoms with Crippen LogP contribution in [-0.4, -0.2) is 37.2 Å². The third-order valence-corrected chi connectivity index (χ3v) is 11.7. The lowest BCUT2D eigenvalue weighted by atomic mass is 10.0. The van der Waals surface area contributed by atoms with Crippen molar-refractivity contribution in [2.75, 3.05) is 13.2 Å². The summed E-state index contributed by atoms with van der Waals surface area (Å²) in [4.78, 5) is 38.0. The van der Waals surface area contributed by atoms with Gasteiger partial charge in [-0.05, 0) is 38.5 Å². The summed E-state index contributed by atoms with van der Waals surface area (Å²) in [6, 6.07) is 0. The lowest BCUT2D eigenvalue weighted by Crippen LogP contribution is -2.30. The van der Waals surface area contributed by atoms with Crippen LogP contribution in [0.3, 0.4) is 0 Å². The molecule has 0 heterocycles. The second kappa shape index (κ2) is 51.0. The van der Waals surface area contributed by atoms with E-state index in [2.05, 4.69) is 51.2 Å². The molecule has 0 saturated carbocycles. The lowest BCUT2D eigenvalue weighted by molar-refractivity contribution is -0.167. The van der Waals surface area contributed by atoms with Crippen LogP contribution in [0.4, 0.5) is 0 Å². The van der Waals surface area contributed by atoms with E-state index in [-0.39, 0.29) is 31.1 Å². The number of esters is 3. The van der Waals surface area contributed by atoms with E-state index in [1.54, 1.807) is 0 Å². The maximum absolute atomic E-state index is 12.8. The van der Waals surface area contributed by atoms with Crippen molar-refractivity contribution in [3.63, 3.8) is 0 Å². The summed E-state index contributed by atoms with van der Waals surface area (Å²) in [7, 11) is 0. The molecule has 360 valence electrons. The topological polar surface area (TPSA) is 78.9 Å². The normalized spacial score (nSPS) is 12.4. The Balaban J connectivity index is 4.36. The number of ether oxygens (including phenoxy) is 3. The molecule has 0 amide bonds. The lowest BCUT2D eigenvalue weighted by Gasteiger charge is -2.18. The van der Waals surface area contributed by atoms with E-state index in [1.165, 1.54) is 148 Å². The highest BCUT2D eigenvalue weighted by atomic mass is 16.6. The molecular weight excluding hydrogens is 769 g/mol. The van der Waals surface area contributed by atoms with Crippen LogP contribution in [0.15, 0.2) is 48.6 Å². The van der Waals surface area contributed by atoms with Crippen LogP contribution >= 0.6 is 0 Å². The Bertz CT molecular complexity index is 1090. The predicted molar refractivity (Wildman–Crippen MR) is 265 cm³/mol. The van der Waals surface area contributed by atoms with Crippen LogP contribution in [0.2, 0.25) is 0 Å². The van der Waals surface area contributed by atoms with Crippen LogP contribution < -0.4 is 0 Å². The SMILES string of the molecule is CC\C=C/C=C\C=C/C=C\CCCCCCCC(=O)OC(COC(=O)CCCCCCCCCCCCCC)COC(=O)CCCCCCCCCCCCCCCCCCC. The summed E-state index contributed by atoms with van der Waals surface area (Å²) in [5.74, 6) is -0.891. The molecule has 0 aliphatic carbocycles. The first-order valence-electron chi connectivity index (χ1n) is 26.7. The third-order valence-electron chi connectivity index (χ3n) is 11.7. The molecular formula is C56H100O6. The second-order valence-corrected chi connectivity index (χ2v) is 17.9. The zero-order valence-electron chi connectivity index (χ0n) is 41.1. The quantitative estimate of drug-likeness (QED) is 0.0262. The van der Waals surface area contributed by atoms with Crippen molar-refractivity contribution in [2.24, 2.45) is 0 Å². The molecule has 0 aliphatic heterocycles. The van der Waals surface area contributed by atoms with Crippen LogP contribution in [0.1, 0.15) is 271 Å². The van der Waals surface area contributed by atoms with Crippen molar-refractivity contribution in [3.8, 4) is 0 Å². The first kappa shape index (κ1) is 59.4. The van der Waals surface area contributed by atoms with Gasteiger partial charge in [0, 0.05) is 19.3 Å². The largest absolute Gasteiger partial charge is 0.462 e. The van der Waals surface area contributed by atoms with E-state index in [0.717, 1.165) is 83.5 Å². The van der Waals surface area contributed by atoms with Gasteiger partial charge in [0.25, 0.3) is 0 Å². The van der Waals surface area contributed by atoms with E-state index in [0.29, 0.717) is 19.3 Å². The first-order chi connectivity index (χ1) is 30.5. The maximum Gasteiger partial charge on any atom is 0.306 e. The fourth-order valence-corrected chi connectivity index (χ4v) is 7.69. The third kappa shape index (κ3) is 48.4. The number of hydrogen-bond donors (Lipinski definition) is 0. The molecule has 6 nitrogen and oxygen atoms in total. The molecule has 0 rings (SSSR count). The molecule has 0 aromatic heterocycles.